The van der Waals surface area contributed by atoms with Crippen molar-refractivity contribution in [2.75, 3.05) is 21.3 Å². The van der Waals surface area contributed by atoms with Gasteiger partial charge in [0.25, 0.3) is 0 Å². The zero-order valence-corrected chi connectivity index (χ0v) is 93.9. The molecule has 826 valence electrons. The Balaban J connectivity index is 0.000000279. The second-order valence-electron chi connectivity index (χ2n) is 40.3. The highest BCUT2D eigenvalue weighted by Crippen LogP contribution is 2.47. The highest BCUT2D eigenvalue weighted by molar-refractivity contribution is 7.15. The lowest BCUT2D eigenvalue weighted by Crippen LogP contribution is -2.23. The first-order valence-electron chi connectivity index (χ1n) is 52.2. The number of carbonyl (C=O) groups excluding carboxylic acids is 1. The number of aliphatic hydroxyl groups excluding tert-OH is 11. The molecule has 0 spiro atoms. The number of methoxy groups -OCH3 is 3. The number of ether oxygens (including phenoxy) is 4. The topological polar surface area (TPSA) is 463 Å². The highest BCUT2D eigenvalue weighted by Gasteiger charge is 2.45. The van der Waals surface area contributed by atoms with Gasteiger partial charge >= 0.3 is 35.8 Å². The molecule has 10 rings (SSSR count). The molecular formula is C110H165Cl5O26S5. The molecule has 146 heavy (non-hydrogen) atoms. The Labute approximate surface area is 909 Å². The normalized spacial score (nSPS) is 26.6. The molecule has 30 atom stereocenters. The molecule has 0 radical (unpaired) electrons. The van der Waals surface area contributed by atoms with Crippen LogP contribution in [0.5, 0.6) is 0 Å². The average molecular weight is 2240 g/mol. The summed E-state index contributed by atoms with van der Waals surface area (Å²) in [4.78, 5) is 73.0. The van der Waals surface area contributed by atoms with Crippen LogP contribution in [0.2, 0.25) is 0 Å². The second-order valence-corrected chi connectivity index (χ2v) is 49.0. The Bertz CT molecular complexity index is 4640. The molecule has 16 N–H and O–H groups in total. The number of aryl methyl sites for hydroxylation is 5. The van der Waals surface area contributed by atoms with Gasteiger partial charge in [0.2, 0.25) is 0 Å². The van der Waals surface area contributed by atoms with Gasteiger partial charge in [-0.2, -0.15) is 0 Å². The minimum atomic E-state index is -0.902. The van der Waals surface area contributed by atoms with Gasteiger partial charge in [-0.3, -0.25) is 4.79 Å². The molecule has 5 aliphatic carbocycles. The number of carboxylic acid groups (broad SMARTS) is 5. The fraction of sp³-hybridized carbons (Fsp3) is 0.691. The fourth-order valence-corrected chi connectivity index (χ4v) is 27.3. The van der Waals surface area contributed by atoms with Gasteiger partial charge in [-0.15, -0.1) is 115 Å². The Hall–Kier alpha value is -4.83. The third kappa shape index (κ3) is 48.0. The quantitative estimate of drug-likeness (QED) is 0.00976. The molecule has 5 aliphatic rings. The van der Waals surface area contributed by atoms with E-state index in [0.717, 1.165) is 185 Å². The Morgan fingerprint density at radius 3 is 0.932 bits per heavy atom. The molecule has 0 aromatic carbocycles. The van der Waals surface area contributed by atoms with E-state index in [9.17, 15) is 84.9 Å². The van der Waals surface area contributed by atoms with Crippen LogP contribution in [0, 0.1) is 59.2 Å². The predicted octanol–water partition coefficient (Wildman–Crippen LogP) is 22.0. The van der Waals surface area contributed by atoms with Crippen molar-refractivity contribution < 1.29 is 129 Å². The summed E-state index contributed by atoms with van der Waals surface area (Å²) >= 11 is 39.2. The van der Waals surface area contributed by atoms with E-state index in [1.807, 2.05) is 68.5 Å². The monoisotopic (exact) mass is 2240 g/mol. The third-order valence-corrected chi connectivity index (χ3v) is 36.8. The first-order valence-corrected chi connectivity index (χ1v) is 58.4. The van der Waals surface area contributed by atoms with E-state index in [0.29, 0.717) is 101 Å². The number of esters is 1. The zero-order chi connectivity index (χ0) is 108. The number of aromatic carboxylic acids is 5. The van der Waals surface area contributed by atoms with E-state index >= 15 is 0 Å². The average Bonchev–Trinajstić information content (AvgIpc) is 1.70. The largest absolute Gasteiger partial charge is 0.477 e. The van der Waals surface area contributed by atoms with Crippen LogP contribution < -0.4 is 0 Å². The maximum Gasteiger partial charge on any atom is 0.345 e. The van der Waals surface area contributed by atoms with Crippen LogP contribution in [-0.2, 0) is 55.8 Å². The molecule has 0 bridgehead atoms. The number of hydrogen-bond acceptors (Lipinski definition) is 26. The number of rotatable bonds is 60. The minimum Gasteiger partial charge on any atom is -0.477 e. The first kappa shape index (κ1) is 130. The summed E-state index contributed by atoms with van der Waals surface area (Å²) in [6.07, 6.45) is 39.1. The van der Waals surface area contributed by atoms with Gasteiger partial charge in [0.05, 0.1) is 91.6 Å². The molecular weight excluding hydrogens is 2070 g/mol. The van der Waals surface area contributed by atoms with Crippen LogP contribution in [0.25, 0.3) is 0 Å². The molecule has 0 unspecified atom stereocenters. The van der Waals surface area contributed by atoms with Crippen LogP contribution in [0.1, 0.15) is 320 Å². The molecule has 0 aliphatic heterocycles. The molecule has 26 nitrogen and oxygen atoms in total. The summed E-state index contributed by atoms with van der Waals surface area (Å²) < 4.78 is 21.5. The first-order chi connectivity index (χ1) is 69.4. The molecule has 36 heteroatoms. The van der Waals surface area contributed by atoms with Crippen molar-refractivity contribution in [1.29, 1.82) is 0 Å². The van der Waals surface area contributed by atoms with E-state index in [1.165, 1.54) is 63.6 Å². The minimum absolute atomic E-state index is 0.00447. The Morgan fingerprint density at radius 2 is 0.616 bits per heavy atom. The van der Waals surface area contributed by atoms with Crippen LogP contribution in [0.15, 0.2) is 109 Å². The van der Waals surface area contributed by atoms with Crippen LogP contribution >= 0.6 is 115 Å². The van der Waals surface area contributed by atoms with Gasteiger partial charge in [0.1, 0.15) is 24.4 Å². The maximum absolute atomic E-state index is 11.0. The summed E-state index contributed by atoms with van der Waals surface area (Å²) in [5, 5.41) is 155. The van der Waals surface area contributed by atoms with Gasteiger partial charge in [-0.05, 0) is 368 Å². The van der Waals surface area contributed by atoms with Gasteiger partial charge in [0.15, 0.2) is 0 Å². The number of alkyl halides is 5. The van der Waals surface area contributed by atoms with E-state index in [2.05, 4.69) is 12.2 Å². The van der Waals surface area contributed by atoms with Crippen LogP contribution in [-0.4, -0.2) is 257 Å². The van der Waals surface area contributed by atoms with E-state index in [4.69, 9.17) is 102 Å². The van der Waals surface area contributed by atoms with Crippen molar-refractivity contribution in [2.24, 2.45) is 59.2 Å². The molecule has 5 fully saturated rings. The standard InChI is InChI=1S/C23H33ClO6S.3C22H33ClO5S.C21H33ClO5S/c1-14(30-15(2)25)5-3-6-16(26)9-11-19-18(20(24)13-21(19)27)8-4-7-17-10-12-22(31-17)23(28)29;1-14(28-2)5-3-6-15(24)9-11-18-17(19(23)13-20(18)25)8-4-7-16-10-12-21(29-16)22(26)27;1-14(24)5-3-6-15(28-2)9-11-18-17(19(23)13-20(18)25)8-4-7-16-10-12-21(29-16)22(26)27;1-14(24)5-3-6-15(25)9-11-18-17(19(23)13-20(18)28-2)8-4-7-16-10-12-21(29-16)22(26)27;1-13(23)4-2-5-14(24)8-10-17-16(18(22)12-19(17)25)7-3-6-15-9-11-20(28-15)21(26)27/h9-12,14,16,18-21,26-27H,3-8,13H2,1-2H3,(H,28,29);3*9-12,14-15,17-20,24-25H,3-8,13H2,1-2H3,(H,26,27);9,11,13-14,16-19,23-25H,2-8,10,12H2,1H3,(H,26,27)/b4*11-9+;/t14-,16+,18-,19-,20-,21-;3*14-,15+,17-,18-,19-,20-;13-,14+,16-,17-,18-,19-/m11111/s1. The van der Waals surface area contributed by atoms with E-state index in [-0.39, 0.29) is 135 Å². The lowest BCUT2D eigenvalue weighted by atomic mass is 9.85. The third-order valence-electron chi connectivity index (χ3n) is 28.6. The fourth-order valence-electron chi connectivity index (χ4n) is 20.5. The zero-order valence-electron chi connectivity index (χ0n) is 86.0. The van der Waals surface area contributed by atoms with Gasteiger partial charge in [-0.25, -0.2) is 24.0 Å². The van der Waals surface area contributed by atoms with Crippen LogP contribution in [0.3, 0.4) is 0 Å². The summed E-state index contributed by atoms with van der Waals surface area (Å²) in [6.45, 7) is 10.5. The second kappa shape index (κ2) is 69.8. The lowest BCUT2D eigenvalue weighted by molar-refractivity contribution is -0.145. The molecule has 5 aromatic rings. The van der Waals surface area contributed by atoms with Crippen molar-refractivity contribution in [3.63, 3.8) is 0 Å². The lowest BCUT2D eigenvalue weighted by Gasteiger charge is -2.24. The molecule has 0 saturated heterocycles. The predicted molar refractivity (Wildman–Crippen MR) is 585 cm³/mol. The van der Waals surface area contributed by atoms with E-state index in [1.54, 1.807) is 84.6 Å². The molecule has 5 heterocycles. The Kier molecular flexibility index (Phi) is 62.1. The Morgan fingerprint density at radius 1 is 0.329 bits per heavy atom. The number of halogens is 5. The number of aliphatic hydroxyl groups is 11. The number of hydrogen-bond donors (Lipinski definition) is 16. The van der Waals surface area contributed by atoms with Gasteiger partial charge < -0.3 is 101 Å². The molecule has 0 amide bonds. The number of thiophene rings is 5. The summed E-state index contributed by atoms with van der Waals surface area (Å²) in [6, 6.07) is 17.6. The van der Waals surface area contributed by atoms with Crippen molar-refractivity contribution in [2.45, 2.75) is 398 Å². The van der Waals surface area contributed by atoms with Gasteiger partial charge in [0, 0.05) is 103 Å². The van der Waals surface area contributed by atoms with E-state index < -0.39 is 78.7 Å². The number of carbonyl (C=O) groups is 6. The summed E-state index contributed by atoms with van der Waals surface area (Å²) in [5.74, 6) is -3.67. The molecule has 5 saturated carbocycles. The smallest absolute Gasteiger partial charge is 0.345 e. The van der Waals surface area contributed by atoms with Crippen molar-refractivity contribution in [3.8, 4) is 0 Å². The summed E-state index contributed by atoms with van der Waals surface area (Å²) in [5.41, 5.74) is 0. The molecule has 5 aromatic heterocycles. The highest BCUT2D eigenvalue weighted by atomic mass is 35.5. The van der Waals surface area contributed by atoms with Crippen molar-refractivity contribution in [1.82, 2.24) is 0 Å². The maximum atomic E-state index is 11.0. The van der Waals surface area contributed by atoms with Crippen molar-refractivity contribution >= 4 is 151 Å². The number of carboxylic acids is 5. The SMILES string of the molecule is CC(=O)O[C@H](C)CCC[C@H](O)/C=C/[C@@H]1[C@@H](CCCc2ccc(C(=O)O)s2)[C@H](Cl)C[C@H]1O.CO[C@@H]1C[C@@H](Cl)[C@H](CCCc2ccc(C(=O)O)s2)[C@H]1/C=C/[C@@H](O)CCC[C@@H](C)O.CO[C@H](/C=C/[C@@H]1[C@@H](CCCc2ccc(C(=O)O)s2)[C@H](Cl)C[C@H]1O)CCC[C@@H](C)O.CO[C@H](C)CCC[C@H](O)/C=C/[C@@H]1[C@@H](CCCc2ccc(C(=O)O)s2)[C@H](Cl)C[C@H]1O.C[C@@H](O)CCC[C@H](O)CC[C@@H]1[C@@H](CCCc2ccc(C(=O)O)s2)[C@H](Cl)C[C@H]1O. The summed E-state index contributed by atoms with van der Waals surface area (Å²) in [7, 11) is 5.07. The van der Waals surface area contributed by atoms with Crippen molar-refractivity contribution in [3.05, 3.63) is 158 Å². The van der Waals surface area contributed by atoms with Gasteiger partial charge in [-0.1, -0.05) is 48.6 Å². The van der Waals surface area contributed by atoms with Crippen LogP contribution in [0.4, 0.5) is 0 Å².